The topological polar surface area (TPSA) is 29.0 Å². The highest BCUT2D eigenvalue weighted by Crippen LogP contribution is 2.43. The number of likely N-dealkylation sites (tertiary alicyclic amines) is 1. The molecule has 1 aromatic carbocycles. The third-order valence-electron chi connectivity index (χ3n) is 6.06. The van der Waals surface area contributed by atoms with Crippen LogP contribution in [0, 0.1) is 13.8 Å². The molecule has 0 amide bonds. The minimum atomic E-state index is 0.671. The number of thiazole rings is 1. The zero-order valence-electron chi connectivity index (χ0n) is 15.5. The first-order valence-electron chi connectivity index (χ1n) is 9.76. The predicted molar refractivity (Wildman–Crippen MR) is 109 cm³/mol. The highest BCUT2D eigenvalue weighted by atomic mass is 32.1. The highest BCUT2D eigenvalue weighted by Gasteiger charge is 2.37. The molecule has 4 heteroatoms. The number of pyridine rings is 1. The van der Waals surface area contributed by atoms with Gasteiger partial charge < -0.3 is 4.90 Å². The van der Waals surface area contributed by atoms with Gasteiger partial charge in [0, 0.05) is 28.9 Å². The van der Waals surface area contributed by atoms with Crippen molar-refractivity contribution >= 4 is 21.6 Å². The molecule has 0 bridgehead atoms. The lowest BCUT2D eigenvalue weighted by Crippen LogP contribution is -2.42. The first-order valence-corrected chi connectivity index (χ1v) is 10.6. The standard InChI is InChI=1S/C22H25N3S/c1-14-5-7-19(15(2)23-14)16-6-8-20-21(13-16)26-22(24-20)17-11-18(12-17)25-9-3-4-10-25/h5-8,13,17-18H,3-4,9-12H2,1-2H3/t17-,18-. The first kappa shape index (κ1) is 16.4. The van der Waals surface area contributed by atoms with Crippen LogP contribution in [0.1, 0.15) is 48.0 Å². The normalized spacial score (nSPS) is 23.5. The van der Waals surface area contributed by atoms with Crippen LogP contribution in [-0.4, -0.2) is 34.0 Å². The summed E-state index contributed by atoms with van der Waals surface area (Å²) in [5, 5.41) is 1.34. The molecule has 1 saturated heterocycles. The number of nitrogens with zero attached hydrogens (tertiary/aromatic N) is 3. The Labute approximate surface area is 159 Å². The number of benzene rings is 1. The van der Waals surface area contributed by atoms with Crippen LogP contribution in [0.4, 0.5) is 0 Å². The van der Waals surface area contributed by atoms with Crippen LogP contribution in [0.5, 0.6) is 0 Å². The summed E-state index contributed by atoms with van der Waals surface area (Å²) in [5.74, 6) is 0.671. The van der Waals surface area contributed by atoms with Gasteiger partial charge in [0.1, 0.15) is 0 Å². The summed E-state index contributed by atoms with van der Waals surface area (Å²) in [7, 11) is 0. The lowest BCUT2D eigenvalue weighted by Gasteiger charge is -2.40. The van der Waals surface area contributed by atoms with Crippen LogP contribution in [0.25, 0.3) is 21.3 Å². The largest absolute Gasteiger partial charge is 0.300 e. The van der Waals surface area contributed by atoms with E-state index in [1.165, 1.54) is 59.6 Å². The van der Waals surface area contributed by atoms with Crippen molar-refractivity contribution in [1.82, 2.24) is 14.9 Å². The monoisotopic (exact) mass is 363 g/mol. The molecule has 2 fully saturated rings. The summed E-state index contributed by atoms with van der Waals surface area (Å²) in [6.07, 6.45) is 5.37. The van der Waals surface area contributed by atoms with E-state index in [-0.39, 0.29) is 0 Å². The van der Waals surface area contributed by atoms with E-state index >= 15 is 0 Å². The molecule has 3 nitrogen and oxygen atoms in total. The van der Waals surface area contributed by atoms with Crippen molar-refractivity contribution in [2.75, 3.05) is 13.1 Å². The fraction of sp³-hybridized carbons (Fsp3) is 0.455. The molecule has 0 N–H and O–H groups in total. The van der Waals surface area contributed by atoms with Gasteiger partial charge in [-0.15, -0.1) is 11.3 Å². The first-order chi connectivity index (χ1) is 12.7. The van der Waals surface area contributed by atoms with Gasteiger partial charge in [0.2, 0.25) is 0 Å². The zero-order valence-corrected chi connectivity index (χ0v) is 16.4. The van der Waals surface area contributed by atoms with Gasteiger partial charge >= 0.3 is 0 Å². The molecular formula is C22H25N3S. The van der Waals surface area contributed by atoms with Gasteiger partial charge in [-0.25, -0.2) is 4.98 Å². The van der Waals surface area contributed by atoms with E-state index in [2.05, 4.69) is 47.1 Å². The lowest BCUT2D eigenvalue weighted by atomic mass is 9.80. The molecule has 0 unspecified atom stereocenters. The van der Waals surface area contributed by atoms with Gasteiger partial charge in [0.15, 0.2) is 0 Å². The summed E-state index contributed by atoms with van der Waals surface area (Å²) >= 11 is 1.89. The van der Waals surface area contributed by atoms with Crippen molar-refractivity contribution < 1.29 is 0 Å². The molecule has 0 atom stereocenters. The van der Waals surface area contributed by atoms with Crippen molar-refractivity contribution in [2.45, 2.75) is 51.5 Å². The third-order valence-corrected chi connectivity index (χ3v) is 7.24. The summed E-state index contributed by atoms with van der Waals surface area (Å²) in [5.41, 5.74) is 5.80. The average Bonchev–Trinajstić information content (AvgIpc) is 3.22. The third kappa shape index (κ3) is 2.85. The van der Waals surface area contributed by atoms with Gasteiger partial charge in [-0.05, 0) is 76.4 Å². The molecule has 5 rings (SSSR count). The van der Waals surface area contributed by atoms with E-state index in [4.69, 9.17) is 4.98 Å². The van der Waals surface area contributed by atoms with E-state index < -0.39 is 0 Å². The van der Waals surface area contributed by atoms with Crippen LogP contribution < -0.4 is 0 Å². The van der Waals surface area contributed by atoms with Crippen LogP contribution in [0.3, 0.4) is 0 Å². The average molecular weight is 364 g/mol. The van der Waals surface area contributed by atoms with Crippen molar-refractivity contribution in [3.05, 3.63) is 46.7 Å². The number of hydrogen-bond acceptors (Lipinski definition) is 4. The number of aromatic nitrogens is 2. The van der Waals surface area contributed by atoms with E-state index in [1.807, 2.05) is 18.3 Å². The number of rotatable bonds is 3. The van der Waals surface area contributed by atoms with Gasteiger partial charge in [-0.2, -0.15) is 0 Å². The van der Waals surface area contributed by atoms with E-state index in [1.54, 1.807) is 0 Å². The Morgan fingerprint density at radius 1 is 1.00 bits per heavy atom. The smallest absolute Gasteiger partial charge is 0.0970 e. The Kier molecular flexibility index (Phi) is 4.06. The molecule has 134 valence electrons. The number of hydrogen-bond donors (Lipinski definition) is 0. The Balaban J connectivity index is 1.38. The molecule has 2 aliphatic rings. The van der Waals surface area contributed by atoms with Gasteiger partial charge in [-0.3, -0.25) is 4.98 Å². The van der Waals surface area contributed by atoms with Gasteiger partial charge in [-0.1, -0.05) is 12.1 Å². The minimum Gasteiger partial charge on any atom is -0.300 e. The second-order valence-electron chi connectivity index (χ2n) is 7.89. The molecule has 2 aromatic heterocycles. The molecule has 1 saturated carbocycles. The molecule has 0 radical (unpaired) electrons. The molecule has 26 heavy (non-hydrogen) atoms. The summed E-state index contributed by atoms with van der Waals surface area (Å²) in [6.45, 7) is 6.76. The van der Waals surface area contributed by atoms with Crippen molar-refractivity contribution in [1.29, 1.82) is 0 Å². The van der Waals surface area contributed by atoms with Crippen LogP contribution in [0.2, 0.25) is 0 Å². The molecule has 0 spiro atoms. The quantitative estimate of drug-likeness (QED) is 0.631. The lowest BCUT2D eigenvalue weighted by molar-refractivity contribution is 0.136. The maximum Gasteiger partial charge on any atom is 0.0970 e. The molecular weight excluding hydrogens is 338 g/mol. The molecule has 3 aromatic rings. The maximum absolute atomic E-state index is 4.95. The summed E-state index contributed by atoms with van der Waals surface area (Å²) in [4.78, 5) is 12.3. The van der Waals surface area contributed by atoms with Crippen molar-refractivity contribution in [3.8, 4) is 11.1 Å². The van der Waals surface area contributed by atoms with Crippen molar-refractivity contribution in [2.24, 2.45) is 0 Å². The summed E-state index contributed by atoms with van der Waals surface area (Å²) < 4.78 is 1.31. The fourth-order valence-corrected chi connectivity index (χ4v) is 5.60. The van der Waals surface area contributed by atoms with Crippen LogP contribution >= 0.6 is 11.3 Å². The highest BCUT2D eigenvalue weighted by molar-refractivity contribution is 7.18. The zero-order chi connectivity index (χ0) is 17.7. The Hall–Kier alpha value is -1.78. The summed E-state index contributed by atoms with van der Waals surface area (Å²) in [6, 6.07) is 11.8. The Morgan fingerprint density at radius 2 is 1.81 bits per heavy atom. The molecule has 3 heterocycles. The number of aryl methyl sites for hydroxylation is 2. The SMILES string of the molecule is Cc1ccc(-c2ccc3nc([C@H]4C[C@H](N5CCCC5)C4)sc3c2)c(C)n1. The predicted octanol–water partition coefficient (Wildman–Crippen LogP) is 5.32. The van der Waals surface area contributed by atoms with E-state index in [9.17, 15) is 0 Å². The molecule has 1 aliphatic heterocycles. The maximum atomic E-state index is 4.95. The fourth-order valence-electron chi connectivity index (χ4n) is 4.47. The van der Waals surface area contributed by atoms with Crippen LogP contribution in [0.15, 0.2) is 30.3 Å². The van der Waals surface area contributed by atoms with Gasteiger partial charge in [0.25, 0.3) is 0 Å². The van der Waals surface area contributed by atoms with Gasteiger partial charge in [0.05, 0.1) is 15.2 Å². The number of fused-ring (bicyclic) bond motifs is 1. The Bertz CT molecular complexity index is 949. The van der Waals surface area contributed by atoms with Crippen molar-refractivity contribution in [3.63, 3.8) is 0 Å². The second kappa shape index (κ2) is 6.43. The molecule has 1 aliphatic carbocycles. The second-order valence-corrected chi connectivity index (χ2v) is 8.95. The minimum absolute atomic E-state index is 0.671. The van der Waals surface area contributed by atoms with E-state index in [0.29, 0.717) is 5.92 Å². The van der Waals surface area contributed by atoms with Crippen LogP contribution in [-0.2, 0) is 0 Å². The Morgan fingerprint density at radius 3 is 2.58 bits per heavy atom. The van der Waals surface area contributed by atoms with E-state index in [0.717, 1.165) is 22.9 Å².